The maximum atomic E-state index is 12.2. The fourth-order valence-corrected chi connectivity index (χ4v) is 2.76. The predicted molar refractivity (Wildman–Crippen MR) is 79.7 cm³/mol. The second-order valence-electron chi connectivity index (χ2n) is 4.86. The zero-order valence-corrected chi connectivity index (χ0v) is 12.9. The summed E-state index contributed by atoms with van der Waals surface area (Å²) in [6.45, 7) is 3.08. The lowest BCUT2D eigenvalue weighted by molar-refractivity contribution is 0.0882. The van der Waals surface area contributed by atoms with Gasteiger partial charge in [0.05, 0.1) is 10.9 Å². The molecule has 1 amide bonds. The zero-order valence-electron chi connectivity index (χ0n) is 12.1. The second kappa shape index (κ2) is 5.69. The van der Waals surface area contributed by atoms with Gasteiger partial charge in [-0.25, -0.2) is 17.4 Å². The Morgan fingerprint density at radius 1 is 1.24 bits per heavy atom. The van der Waals surface area contributed by atoms with Gasteiger partial charge in [0.15, 0.2) is 0 Å². The van der Waals surface area contributed by atoms with Crippen molar-refractivity contribution in [3.8, 4) is 5.69 Å². The molecule has 0 spiro atoms. The van der Waals surface area contributed by atoms with E-state index in [1.54, 1.807) is 61.3 Å². The van der Waals surface area contributed by atoms with Crippen LogP contribution in [0.1, 0.15) is 24.2 Å². The molecule has 1 aromatic heterocycles. The number of carbonyl (C=O) groups excluding carboxylic acids is 1. The molecule has 0 bridgehead atoms. The van der Waals surface area contributed by atoms with Crippen LogP contribution in [0.4, 0.5) is 0 Å². The van der Waals surface area contributed by atoms with Gasteiger partial charge in [-0.2, -0.15) is 5.10 Å². The Balaban J connectivity index is 2.25. The van der Waals surface area contributed by atoms with Crippen molar-refractivity contribution in [1.82, 2.24) is 14.1 Å². The fourth-order valence-electron chi connectivity index (χ4n) is 1.79. The summed E-state index contributed by atoms with van der Waals surface area (Å²) in [7, 11) is -2.33. The van der Waals surface area contributed by atoms with Gasteiger partial charge in [-0.15, -0.1) is 0 Å². The molecule has 0 fully saturated rings. The molecule has 0 aliphatic heterocycles. The van der Waals surface area contributed by atoms with Crippen LogP contribution in [0.15, 0.2) is 42.7 Å². The minimum atomic E-state index is -3.61. The molecule has 0 saturated carbocycles. The zero-order chi connectivity index (χ0) is 15.6. The minimum absolute atomic E-state index is 0.317. The summed E-state index contributed by atoms with van der Waals surface area (Å²) in [6.07, 6.45) is 3.44. The van der Waals surface area contributed by atoms with Crippen LogP contribution in [0, 0.1) is 0 Å². The van der Waals surface area contributed by atoms with E-state index in [0.29, 0.717) is 5.56 Å². The van der Waals surface area contributed by atoms with Gasteiger partial charge >= 0.3 is 0 Å². The van der Waals surface area contributed by atoms with Crippen LogP contribution in [0.25, 0.3) is 5.69 Å². The topological polar surface area (TPSA) is 72.3 Å². The van der Waals surface area contributed by atoms with Crippen molar-refractivity contribution in [2.24, 2.45) is 0 Å². The Kier molecular flexibility index (Phi) is 4.13. The van der Waals surface area contributed by atoms with Gasteiger partial charge in [-0.1, -0.05) is 0 Å². The van der Waals surface area contributed by atoms with Gasteiger partial charge in [0.1, 0.15) is 0 Å². The molecule has 2 rings (SSSR count). The van der Waals surface area contributed by atoms with Crippen LogP contribution < -0.4 is 0 Å². The Morgan fingerprint density at radius 2 is 1.86 bits per heavy atom. The van der Waals surface area contributed by atoms with Crippen LogP contribution in [0.3, 0.4) is 0 Å². The highest BCUT2D eigenvalue weighted by Crippen LogP contribution is 2.14. The number of benzene rings is 1. The van der Waals surface area contributed by atoms with Crippen LogP contribution >= 0.6 is 0 Å². The highest BCUT2D eigenvalue weighted by molar-refractivity contribution is 7.90. The lowest BCUT2D eigenvalue weighted by atomic mass is 10.2. The smallest absolute Gasteiger partial charge is 0.267 e. The number of carbonyl (C=O) groups is 1. The first-order chi connectivity index (χ1) is 9.84. The first-order valence-electron chi connectivity index (χ1n) is 6.46. The van der Waals surface area contributed by atoms with Gasteiger partial charge < -0.3 is 0 Å². The molecule has 21 heavy (non-hydrogen) atoms. The van der Waals surface area contributed by atoms with E-state index in [1.807, 2.05) is 0 Å². The summed E-state index contributed by atoms with van der Waals surface area (Å²) in [5, 5.41) is 3.44. The number of hydrogen-bond donors (Lipinski definition) is 0. The molecule has 6 nitrogen and oxygen atoms in total. The number of aromatic nitrogens is 2. The molecule has 2 aromatic rings. The summed E-state index contributed by atoms with van der Waals surface area (Å²) in [4.78, 5) is 12.2. The van der Waals surface area contributed by atoms with Crippen molar-refractivity contribution in [1.29, 1.82) is 0 Å². The standard InChI is InChI=1S/C14H17N3O3S/c1-11(2)21(19,20)16(3)14(18)12-5-7-13(8-6-12)17-10-4-9-15-17/h4-11H,1-3H3. The third-order valence-corrected chi connectivity index (χ3v) is 5.27. The van der Waals surface area contributed by atoms with Crippen LogP contribution in [0.5, 0.6) is 0 Å². The van der Waals surface area contributed by atoms with E-state index in [0.717, 1.165) is 9.99 Å². The van der Waals surface area contributed by atoms with E-state index in [4.69, 9.17) is 0 Å². The summed E-state index contributed by atoms with van der Waals surface area (Å²) in [5.74, 6) is -0.546. The molecular formula is C14H17N3O3S. The quantitative estimate of drug-likeness (QED) is 0.861. The van der Waals surface area contributed by atoms with Gasteiger partial charge in [0.2, 0.25) is 10.0 Å². The molecule has 1 heterocycles. The second-order valence-corrected chi connectivity index (χ2v) is 7.38. The van der Waals surface area contributed by atoms with Crippen molar-refractivity contribution in [2.75, 3.05) is 7.05 Å². The minimum Gasteiger partial charge on any atom is -0.268 e. The molecule has 0 aliphatic carbocycles. The van der Waals surface area contributed by atoms with Crippen molar-refractivity contribution >= 4 is 15.9 Å². The average Bonchev–Trinajstić information content (AvgIpc) is 3.00. The number of hydrogen-bond acceptors (Lipinski definition) is 4. The summed E-state index contributed by atoms with van der Waals surface area (Å²) >= 11 is 0. The number of rotatable bonds is 4. The van der Waals surface area contributed by atoms with Crippen LogP contribution in [0.2, 0.25) is 0 Å². The lowest BCUT2D eigenvalue weighted by Gasteiger charge is -2.20. The van der Waals surface area contributed by atoms with Gasteiger partial charge in [0.25, 0.3) is 5.91 Å². The van der Waals surface area contributed by atoms with E-state index < -0.39 is 21.2 Å². The SMILES string of the molecule is CC(C)S(=O)(=O)N(C)C(=O)c1ccc(-n2cccn2)cc1. The molecule has 1 aromatic carbocycles. The first kappa shape index (κ1) is 15.2. The average molecular weight is 307 g/mol. The van der Waals surface area contributed by atoms with Crippen LogP contribution in [-0.4, -0.2) is 40.7 Å². The molecular weight excluding hydrogens is 290 g/mol. The number of sulfonamides is 1. The van der Waals surface area contributed by atoms with Crippen molar-refractivity contribution in [3.63, 3.8) is 0 Å². The largest absolute Gasteiger partial charge is 0.268 e. The van der Waals surface area contributed by atoms with E-state index in [2.05, 4.69) is 5.10 Å². The Labute approximate surface area is 124 Å². The van der Waals surface area contributed by atoms with E-state index in [-0.39, 0.29) is 0 Å². The van der Waals surface area contributed by atoms with Gasteiger partial charge in [-0.3, -0.25) is 4.79 Å². The number of amides is 1. The Morgan fingerprint density at radius 3 is 2.33 bits per heavy atom. The maximum Gasteiger partial charge on any atom is 0.267 e. The Bertz CT molecular complexity index is 719. The first-order valence-corrected chi connectivity index (χ1v) is 7.96. The van der Waals surface area contributed by atoms with E-state index in [1.165, 1.54) is 7.05 Å². The number of nitrogens with zero attached hydrogens (tertiary/aromatic N) is 3. The van der Waals surface area contributed by atoms with Crippen molar-refractivity contribution in [3.05, 3.63) is 48.3 Å². The molecule has 0 aliphatic rings. The molecule has 0 N–H and O–H groups in total. The highest BCUT2D eigenvalue weighted by Gasteiger charge is 2.27. The van der Waals surface area contributed by atoms with E-state index in [9.17, 15) is 13.2 Å². The van der Waals surface area contributed by atoms with Gasteiger partial charge in [0, 0.05) is 25.0 Å². The molecule has 0 atom stereocenters. The molecule has 0 unspecified atom stereocenters. The monoisotopic (exact) mass is 307 g/mol. The van der Waals surface area contributed by atoms with E-state index >= 15 is 0 Å². The molecule has 7 heteroatoms. The lowest BCUT2D eigenvalue weighted by Crippen LogP contribution is -2.37. The third kappa shape index (κ3) is 2.97. The van der Waals surface area contributed by atoms with Gasteiger partial charge in [-0.05, 0) is 44.2 Å². The maximum absolute atomic E-state index is 12.2. The fraction of sp³-hybridized carbons (Fsp3) is 0.286. The summed E-state index contributed by atoms with van der Waals surface area (Å²) < 4.78 is 26.4. The normalized spacial score (nSPS) is 11.6. The van der Waals surface area contributed by atoms with Crippen LogP contribution in [-0.2, 0) is 10.0 Å². The van der Waals surface area contributed by atoms with Crippen molar-refractivity contribution in [2.45, 2.75) is 19.1 Å². The predicted octanol–water partition coefficient (Wildman–Crippen LogP) is 1.68. The Hall–Kier alpha value is -2.15. The summed E-state index contributed by atoms with van der Waals surface area (Å²) in [6, 6.07) is 8.41. The summed E-state index contributed by atoms with van der Waals surface area (Å²) in [5.41, 5.74) is 1.11. The molecule has 112 valence electrons. The highest BCUT2D eigenvalue weighted by atomic mass is 32.2. The van der Waals surface area contributed by atoms with Crippen molar-refractivity contribution < 1.29 is 13.2 Å². The molecule has 0 radical (unpaired) electrons. The third-order valence-electron chi connectivity index (χ3n) is 3.15. The molecule has 0 saturated heterocycles.